The molecule has 0 aromatic heterocycles. The number of hydrogen-bond donors (Lipinski definition) is 2. The molecular weight excluding hydrogens is 396 g/mol. The lowest BCUT2D eigenvalue weighted by Gasteiger charge is -2.58. The summed E-state index contributed by atoms with van der Waals surface area (Å²) in [4.78, 5) is 25.0. The van der Waals surface area contributed by atoms with Crippen LogP contribution in [0.4, 0.5) is 0 Å². The molecule has 6 heteroatoms. The van der Waals surface area contributed by atoms with E-state index in [9.17, 15) is 14.7 Å². The van der Waals surface area contributed by atoms with Gasteiger partial charge in [0.25, 0.3) is 0 Å². The van der Waals surface area contributed by atoms with Gasteiger partial charge in [-0.3, -0.25) is 9.59 Å². The Bertz CT molecular complexity index is 757. The molecule has 0 aromatic carbocycles. The van der Waals surface area contributed by atoms with Gasteiger partial charge in [-0.05, 0) is 86.5 Å². The van der Waals surface area contributed by atoms with Crippen molar-refractivity contribution in [2.75, 3.05) is 20.0 Å². The molecule has 0 saturated heterocycles. The Morgan fingerprint density at radius 3 is 2.68 bits per heavy atom. The second-order valence-electron chi connectivity index (χ2n) is 11.1. The maximum absolute atomic E-state index is 13.0. The van der Waals surface area contributed by atoms with Gasteiger partial charge in [0.1, 0.15) is 6.61 Å². The van der Waals surface area contributed by atoms with Crippen molar-refractivity contribution in [1.82, 2.24) is 0 Å². The third-order valence-electron chi connectivity index (χ3n) is 9.34. The summed E-state index contributed by atoms with van der Waals surface area (Å²) in [5.74, 6) is 0.592. The molecule has 2 N–H and O–H groups in total. The molecule has 4 rings (SSSR count). The van der Waals surface area contributed by atoms with Crippen molar-refractivity contribution in [3.05, 3.63) is 11.6 Å². The molecule has 0 spiro atoms. The minimum absolute atomic E-state index is 0.00878. The highest BCUT2D eigenvalue weighted by atomic mass is 16.7. The number of fused-ring (bicyclic) bond motifs is 5. The van der Waals surface area contributed by atoms with E-state index in [0.29, 0.717) is 30.0 Å². The zero-order chi connectivity index (χ0) is 22.4. The van der Waals surface area contributed by atoms with Gasteiger partial charge in [0.2, 0.25) is 0 Å². The van der Waals surface area contributed by atoms with Crippen LogP contribution < -0.4 is 0 Å². The summed E-state index contributed by atoms with van der Waals surface area (Å²) in [6, 6.07) is 0. The SMILES string of the molecule is CC(O)(CO)OCOCC(=O)[C@H]1CC[C@H]2[C@@H]3CCC4=CC(=O)CC[C@]4(C)[C@H]3CC[C@]12C. The smallest absolute Gasteiger partial charge is 0.188 e. The topological polar surface area (TPSA) is 93.1 Å². The van der Waals surface area contributed by atoms with Crippen LogP contribution in [0.15, 0.2) is 11.6 Å². The van der Waals surface area contributed by atoms with Gasteiger partial charge in [-0.25, -0.2) is 0 Å². The Hall–Kier alpha value is -1.08. The van der Waals surface area contributed by atoms with E-state index in [1.165, 1.54) is 12.5 Å². The molecule has 3 fully saturated rings. The molecule has 0 amide bonds. The van der Waals surface area contributed by atoms with Crippen LogP contribution in [0, 0.1) is 34.5 Å². The third-order valence-corrected chi connectivity index (χ3v) is 9.34. The maximum atomic E-state index is 13.0. The highest BCUT2D eigenvalue weighted by molar-refractivity contribution is 5.91. The fourth-order valence-corrected chi connectivity index (χ4v) is 7.55. The zero-order valence-corrected chi connectivity index (χ0v) is 19.2. The number of ketones is 2. The van der Waals surface area contributed by atoms with E-state index in [1.54, 1.807) is 0 Å². The summed E-state index contributed by atoms with van der Waals surface area (Å²) in [6.07, 6.45) is 9.97. The fourth-order valence-electron chi connectivity index (χ4n) is 7.55. The number of aliphatic hydroxyl groups excluding tert-OH is 1. The average molecular weight is 435 g/mol. The van der Waals surface area contributed by atoms with Gasteiger partial charge in [-0.1, -0.05) is 19.4 Å². The molecule has 31 heavy (non-hydrogen) atoms. The third kappa shape index (κ3) is 4.05. The predicted octanol–water partition coefficient (Wildman–Crippen LogP) is 3.40. The second kappa shape index (κ2) is 8.36. The van der Waals surface area contributed by atoms with Crippen molar-refractivity contribution in [1.29, 1.82) is 0 Å². The first-order valence-electron chi connectivity index (χ1n) is 11.9. The van der Waals surface area contributed by atoms with Crippen molar-refractivity contribution in [3.8, 4) is 0 Å². The van der Waals surface area contributed by atoms with Crippen LogP contribution >= 0.6 is 0 Å². The highest BCUT2D eigenvalue weighted by Crippen LogP contribution is 2.66. The van der Waals surface area contributed by atoms with E-state index in [2.05, 4.69) is 13.8 Å². The summed E-state index contributed by atoms with van der Waals surface area (Å²) in [5, 5.41) is 18.7. The van der Waals surface area contributed by atoms with Gasteiger partial charge >= 0.3 is 0 Å². The van der Waals surface area contributed by atoms with Gasteiger partial charge in [-0.2, -0.15) is 0 Å². The molecule has 0 bridgehead atoms. The summed E-state index contributed by atoms with van der Waals surface area (Å²) < 4.78 is 10.5. The first kappa shape index (κ1) is 23.1. The number of carbonyl (C=O) groups excluding carboxylic acids is 2. The van der Waals surface area contributed by atoms with Crippen molar-refractivity contribution in [2.24, 2.45) is 34.5 Å². The molecule has 0 aromatic rings. The quantitative estimate of drug-likeness (QED) is 0.471. The summed E-state index contributed by atoms with van der Waals surface area (Å²) in [5.41, 5.74) is 1.55. The number of allylic oxidation sites excluding steroid dienone is 1. The van der Waals surface area contributed by atoms with Crippen molar-refractivity contribution < 1.29 is 29.3 Å². The van der Waals surface area contributed by atoms with E-state index >= 15 is 0 Å². The number of aliphatic hydroxyl groups is 2. The van der Waals surface area contributed by atoms with E-state index in [0.717, 1.165) is 44.9 Å². The lowest BCUT2D eigenvalue weighted by Crippen LogP contribution is -2.51. The van der Waals surface area contributed by atoms with Crippen LogP contribution in [0.3, 0.4) is 0 Å². The minimum Gasteiger partial charge on any atom is -0.391 e. The molecule has 3 saturated carbocycles. The molecule has 0 aliphatic heterocycles. The van der Waals surface area contributed by atoms with Crippen molar-refractivity contribution in [2.45, 2.75) is 77.9 Å². The predicted molar refractivity (Wildman–Crippen MR) is 115 cm³/mol. The summed E-state index contributed by atoms with van der Waals surface area (Å²) in [6.45, 7) is 5.29. The first-order chi connectivity index (χ1) is 14.6. The zero-order valence-electron chi connectivity index (χ0n) is 19.2. The Morgan fingerprint density at radius 1 is 1.16 bits per heavy atom. The maximum Gasteiger partial charge on any atom is 0.188 e. The van der Waals surface area contributed by atoms with Crippen molar-refractivity contribution >= 4 is 11.6 Å². The van der Waals surface area contributed by atoms with Crippen LogP contribution in [0.2, 0.25) is 0 Å². The Morgan fingerprint density at radius 2 is 1.94 bits per heavy atom. The molecule has 0 radical (unpaired) electrons. The molecular formula is C25H38O6. The monoisotopic (exact) mass is 434 g/mol. The molecule has 4 aliphatic carbocycles. The highest BCUT2D eigenvalue weighted by Gasteiger charge is 2.60. The van der Waals surface area contributed by atoms with E-state index in [1.807, 2.05) is 6.08 Å². The van der Waals surface area contributed by atoms with Crippen molar-refractivity contribution in [3.63, 3.8) is 0 Å². The van der Waals surface area contributed by atoms with Gasteiger partial charge in [-0.15, -0.1) is 0 Å². The Kier molecular flexibility index (Phi) is 6.23. The Balaban J connectivity index is 1.41. The molecule has 7 atom stereocenters. The van der Waals surface area contributed by atoms with E-state index in [4.69, 9.17) is 14.6 Å². The van der Waals surface area contributed by atoms with Crippen LogP contribution in [-0.2, 0) is 19.1 Å². The standard InChI is InChI=1S/C25H38O6/c1-23-10-8-17(27)12-16(23)4-5-18-19-6-7-21(24(19,2)11-9-20(18)23)22(28)13-30-15-31-25(3,29)14-26/h12,18-21,26,29H,4-11,13-15H2,1-3H3/t18-,19-,20-,21+,23-,24-,25?/m0/s1. The molecule has 0 heterocycles. The van der Waals surface area contributed by atoms with Crippen LogP contribution in [0.25, 0.3) is 0 Å². The minimum atomic E-state index is -1.65. The second-order valence-corrected chi connectivity index (χ2v) is 11.1. The number of ether oxygens (including phenoxy) is 2. The summed E-state index contributed by atoms with van der Waals surface area (Å²) >= 11 is 0. The van der Waals surface area contributed by atoms with E-state index in [-0.39, 0.29) is 35.9 Å². The number of Topliss-reactive ketones (excluding diaryl/α,β-unsaturated/α-hetero) is 1. The lowest BCUT2D eigenvalue weighted by molar-refractivity contribution is -0.251. The van der Waals surface area contributed by atoms with Crippen LogP contribution in [-0.4, -0.2) is 47.6 Å². The van der Waals surface area contributed by atoms with Crippen LogP contribution in [0.1, 0.15) is 72.1 Å². The van der Waals surface area contributed by atoms with Gasteiger partial charge in [0.05, 0.1) is 6.61 Å². The van der Waals surface area contributed by atoms with Gasteiger partial charge in [0.15, 0.2) is 24.1 Å². The first-order valence-corrected chi connectivity index (χ1v) is 11.9. The number of rotatable bonds is 7. The van der Waals surface area contributed by atoms with Gasteiger partial charge < -0.3 is 19.7 Å². The fraction of sp³-hybridized carbons (Fsp3) is 0.840. The average Bonchev–Trinajstić information content (AvgIpc) is 3.09. The summed E-state index contributed by atoms with van der Waals surface area (Å²) in [7, 11) is 0. The lowest BCUT2D eigenvalue weighted by atomic mass is 9.46. The molecule has 174 valence electrons. The molecule has 1 unspecified atom stereocenters. The van der Waals surface area contributed by atoms with Crippen LogP contribution in [0.5, 0.6) is 0 Å². The largest absolute Gasteiger partial charge is 0.391 e. The molecule has 4 aliphatic rings. The normalized spacial score (nSPS) is 41.6. The molecule has 6 nitrogen and oxygen atoms in total. The van der Waals surface area contributed by atoms with E-state index < -0.39 is 12.4 Å². The number of carbonyl (C=O) groups is 2. The van der Waals surface area contributed by atoms with Gasteiger partial charge in [0, 0.05) is 12.3 Å². The number of hydrogen-bond acceptors (Lipinski definition) is 6. The Labute approximate surface area is 185 Å².